The van der Waals surface area contributed by atoms with Gasteiger partial charge in [0.2, 0.25) is 0 Å². The minimum absolute atomic E-state index is 0.00309. The summed E-state index contributed by atoms with van der Waals surface area (Å²) in [5, 5.41) is 3.39. The van der Waals surface area contributed by atoms with Gasteiger partial charge in [-0.2, -0.15) is 0 Å². The third kappa shape index (κ3) is 4.40. The van der Waals surface area contributed by atoms with Crippen molar-refractivity contribution < 1.29 is 4.79 Å². The fourth-order valence-electron chi connectivity index (χ4n) is 3.24. The number of hydrogen-bond donors (Lipinski definition) is 1. The first-order chi connectivity index (χ1) is 12.6. The molecule has 0 radical (unpaired) electrons. The Labute approximate surface area is 155 Å². The molecule has 0 aliphatic carbocycles. The van der Waals surface area contributed by atoms with Crippen LogP contribution in [-0.4, -0.2) is 39.9 Å². The van der Waals surface area contributed by atoms with Gasteiger partial charge in [0, 0.05) is 30.8 Å². The van der Waals surface area contributed by atoms with Crippen LogP contribution < -0.4 is 5.32 Å². The maximum atomic E-state index is 13.0. The first kappa shape index (κ1) is 18.4. The van der Waals surface area contributed by atoms with Crippen LogP contribution in [0.15, 0.2) is 36.4 Å². The van der Waals surface area contributed by atoms with Gasteiger partial charge < -0.3 is 10.2 Å². The highest BCUT2D eigenvalue weighted by Crippen LogP contribution is 2.22. The van der Waals surface area contributed by atoms with Crippen molar-refractivity contribution in [3.63, 3.8) is 0 Å². The molecule has 2 aromatic rings. The summed E-state index contributed by atoms with van der Waals surface area (Å²) in [6.07, 6.45) is 3.22. The predicted octanol–water partition coefficient (Wildman–Crippen LogP) is 4.23. The molecule has 1 saturated heterocycles. The maximum absolute atomic E-state index is 13.0. The van der Waals surface area contributed by atoms with Crippen molar-refractivity contribution in [2.75, 3.05) is 18.4 Å². The van der Waals surface area contributed by atoms with E-state index in [1.807, 2.05) is 35.2 Å². The lowest BCUT2D eigenvalue weighted by Gasteiger charge is -2.30. The molecule has 2 unspecified atom stereocenters. The molecule has 1 N–H and O–H groups in total. The van der Waals surface area contributed by atoms with Gasteiger partial charge in [0.25, 0.3) is 5.91 Å². The largest absolute Gasteiger partial charge is 0.367 e. The number of anilines is 1. The van der Waals surface area contributed by atoms with Crippen molar-refractivity contribution in [1.82, 2.24) is 14.9 Å². The average molecular weight is 352 g/mol. The van der Waals surface area contributed by atoms with Crippen LogP contribution in [0.5, 0.6) is 0 Å². The Hall–Kier alpha value is -2.43. The molecule has 0 bridgehead atoms. The first-order valence-electron chi connectivity index (χ1n) is 9.57. The lowest BCUT2D eigenvalue weighted by Crippen LogP contribution is -2.39. The fraction of sp³-hybridized carbons (Fsp3) is 0.476. The number of likely N-dealkylation sites (tertiary alicyclic amines) is 1. The highest BCUT2D eigenvalue weighted by atomic mass is 16.2. The molecule has 0 saturated carbocycles. The summed E-state index contributed by atoms with van der Waals surface area (Å²) in [5.41, 5.74) is 1.39. The van der Waals surface area contributed by atoms with Gasteiger partial charge in [0.05, 0.1) is 0 Å². The van der Waals surface area contributed by atoms with E-state index < -0.39 is 0 Å². The molecular formula is C21H28N4O. The zero-order valence-corrected chi connectivity index (χ0v) is 15.9. The van der Waals surface area contributed by atoms with Crippen molar-refractivity contribution >= 4 is 11.7 Å². The van der Waals surface area contributed by atoms with Crippen LogP contribution in [0.2, 0.25) is 0 Å². The van der Waals surface area contributed by atoms with Crippen molar-refractivity contribution in [2.24, 2.45) is 5.92 Å². The second-order valence-electron chi connectivity index (χ2n) is 7.28. The van der Waals surface area contributed by atoms with E-state index in [1.165, 1.54) is 6.42 Å². The van der Waals surface area contributed by atoms with Crippen molar-refractivity contribution in [1.29, 1.82) is 0 Å². The van der Waals surface area contributed by atoms with E-state index in [0.717, 1.165) is 31.5 Å². The average Bonchev–Trinajstić information content (AvgIpc) is 2.67. The van der Waals surface area contributed by atoms with Gasteiger partial charge in [-0.15, -0.1) is 0 Å². The lowest BCUT2D eigenvalue weighted by molar-refractivity contribution is 0.0677. The second-order valence-corrected chi connectivity index (χ2v) is 7.28. The summed E-state index contributed by atoms with van der Waals surface area (Å²) >= 11 is 0. The number of amides is 1. The summed E-state index contributed by atoms with van der Waals surface area (Å²) < 4.78 is 0. The molecule has 1 aromatic carbocycles. The smallest absolute Gasteiger partial charge is 0.272 e. The molecular weight excluding hydrogens is 324 g/mol. The summed E-state index contributed by atoms with van der Waals surface area (Å²) in [5.74, 6) is 1.85. The molecule has 2 heterocycles. The van der Waals surface area contributed by atoms with E-state index in [1.54, 1.807) is 6.07 Å². The number of benzene rings is 1. The molecule has 26 heavy (non-hydrogen) atoms. The number of carbonyl (C=O) groups excluding carboxylic acids is 1. The highest BCUT2D eigenvalue weighted by Gasteiger charge is 2.24. The minimum atomic E-state index is 0.00309. The summed E-state index contributed by atoms with van der Waals surface area (Å²) in [4.78, 5) is 24.2. The quantitative estimate of drug-likeness (QED) is 0.875. The van der Waals surface area contributed by atoms with Gasteiger partial charge in [-0.05, 0) is 32.1 Å². The fourth-order valence-corrected chi connectivity index (χ4v) is 3.24. The van der Waals surface area contributed by atoms with E-state index in [9.17, 15) is 4.79 Å². The van der Waals surface area contributed by atoms with Crippen LogP contribution >= 0.6 is 0 Å². The molecule has 1 amide bonds. The standard InChI is InChI=1S/C21H28N4O/c1-4-16(3)22-19-13-18(21(26)25-12-8-9-15(2)14-25)23-20(24-19)17-10-6-5-7-11-17/h5-7,10-11,13,15-16H,4,8-9,12,14H2,1-3H3,(H,22,23,24). The van der Waals surface area contributed by atoms with Gasteiger partial charge in [-0.25, -0.2) is 9.97 Å². The Morgan fingerprint density at radius 1 is 1.31 bits per heavy atom. The molecule has 1 aliphatic heterocycles. The number of hydrogen-bond acceptors (Lipinski definition) is 4. The van der Waals surface area contributed by atoms with Crippen LogP contribution in [0, 0.1) is 5.92 Å². The Morgan fingerprint density at radius 2 is 2.08 bits per heavy atom. The molecule has 5 nitrogen and oxygen atoms in total. The Morgan fingerprint density at radius 3 is 2.77 bits per heavy atom. The topological polar surface area (TPSA) is 58.1 Å². The van der Waals surface area contributed by atoms with Crippen molar-refractivity contribution in [3.05, 3.63) is 42.1 Å². The van der Waals surface area contributed by atoms with Crippen LogP contribution in [0.4, 0.5) is 5.82 Å². The van der Waals surface area contributed by atoms with Gasteiger partial charge in [0.1, 0.15) is 11.5 Å². The van der Waals surface area contributed by atoms with Crippen LogP contribution in [0.3, 0.4) is 0 Å². The monoisotopic (exact) mass is 352 g/mol. The number of nitrogens with one attached hydrogen (secondary N) is 1. The van der Waals surface area contributed by atoms with Crippen LogP contribution in [-0.2, 0) is 0 Å². The molecule has 5 heteroatoms. The highest BCUT2D eigenvalue weighted by molar-refractivity contribution is 5.93. The molecule has 3 rings (SSSR count). The van der Waals surface area contributed by atoms with Crippen LogP contribution in [0.1, 0.15) is 50.5 Å². The summed E-state index contributed by atoms with van der Waals surface area (Å²) in [6, 6.07) is 11.9. The summed E-state index contributed by atoms with van der Waals surface area (Å²) in [6.45, 7) is 8.04. The number of nitrogens with zero attached hydrogens (tertiary/aromatic N) is 3. The molecule has 2 atom stereocenters. The maximum Gasteiger partial charge on any atom is 0.272 e. The number of piperidine rings is 1. The second kappa shape index (κ2) is 8.30. The number of rotatable bonds is 5. The minimum Gasteiger partial charge on any atom is -0.367 e. The molecule has 0 spiro atoms. The van der Waals surface area contributed by atoms with Crippen LogP contribution in [0.25, 0.3) is 11.4 Å². The number of aromatic nitrogens is 2. The zero-order valence-electron chi connectivity index (χ0n) is 15.9. The molecule has 1 fully saturated rings. The third-order valence-electron chi connectivity index (χ3n) is 4.93. The van der Waals surface area contributed by atoms with Gasteiger partial charge >= 0.3 is 0 Å². The molecule has 1 aliphatic rings. The normalized spacial score (nSPS) is 18.4. The predicted molar refractivity (Wildman–Crippen MR) is 105 cm³/mol. The van der Waals surface area contributed by atoms with Gasteiger partial charge in [-0.3, -0.25) is 4.79 Å². The third-order valence-corrected chi connectivity index (χ3v) is 4.93. The Bertz CT molecular complexity index is 747. The van der Waals surface area contributed by atoms with Gasteiger partial charge in [0.15, 0.2) is 5.82 Å². The van der Waals surface area contributed by atoms with E-state index in [2.05, 4.69) is 36.1 Å². The SMILES string of the molecule is CCC(C)Nc1cc(C(=O)N2CCCC(C)C2)nc(-c2ccccc2)n1. The lowest BCUT2D eigenvalue weighted by atomic mass is 10.00. The van der Waals surface area contributed by atoms with E-state index in [0.29, 0.717) is 23.3 Å². The first-order valence-corrected chi connectivity index (χ1v) is 9.57. The molecule has 1 aromatic heterocycles. The van der Waals surface area contributed by atoms with E-state index in [4.69, 9.17) is 0 Å². The van der Waals surface area contributed by atoms with Crippen molar-refractivity contribution in [2.45, 2.75) is 46.1 Å². The zero-order chi connectivity index (χ0) is 18.5. The van der Waals surface area contributed by atoms with Gasteiger partial charge in [-0.1, -0.05) is 44.2 Å². The molecule has 138 valence electrons. The summed E-state index contributed by atoms with van der Waals surface area (Å²) in [7, 11) is 0. The Kier molecular flexibility index (Phi) is 5.86. The Balaban J connectivity index is 1.95. The number of carbonyl (C=O) groups is 1. The van der Waals surface area contributed by atoms with E-state index in [-0.39, 0.29) is 11.9 Å². The van der Waals surface area contributed by atoms with E-state index >= 15 is 0 Å². The van der Waals surface area contributed by atoms with Crippen molar-refractivity contribution in [3.8, 4) is 11.4 Å².